The van der Waals surface area contributed by atoms with Crippen molar-refractivity contribution in [2.24, 2.45) is 0 Å². The standard InChI is InChI=1S/C17H20N4O2/c1-20-14(12-21-9-5-8-15(21)16(20)22)11-19-17(23)18-10-13-6-3-2-4-7-13/h2-9,14H,10-12H2,1H3,(H2,18,19,23). The number of likely N-dealkylation sites (N-methyl/N-ethyl adjacent to an activating group) is 1. The van der Waals surface area contributed by atoms with Crippen molar-refractivity contribution in [2.45, 2.75) is 19.1 Å². The molecular weight excluding hydrogens is 292 g/mol. The molecule has 2 aromatic rings. The van der Waals surface area contributed by atoms with Crippen LogP contribution in [0.1, 0.15) is 16.1 Å². The van der Waals surface area contributed by atoms with E-state index in [1.54, 1.807) is 11.9 Å². The maximum Gasteiger partial charge on any atom is 0.315 e. The Bertz CT molecular complexity index is 696. The van der Waals surface area contributed by atoms with Crippen LogP contribution in [0.5, 0.6) is 0 Å². The summed E-state index contributed by atoms with van der Waals surface area (Å²) in [7, 11) is 1.77. The molecule has 3 amide bonds. The predicted octanol–water partition coefficient (Wildman–Crippen LogP) is 1.44. The van der Waals surface area contributed by atoms with Gasteiger partial charge in [0.15, 0.2) is 0 Å². The fourth-order valence-corrected chi connectivity index (χ4v) is 2.72. The number of nitrogens with zero attached hydrogens (tertiary/aromatic N) is 2. The molecule has 6 heteroatoms. The highest BCUT2D eigenvalue weighted by atomic mass is 16.2. The minimum atomic E-state index is -0.229. The molecule has 23 heavy (non-hydrogen) atoms. The molecule has 1 aromatic carbocycles. The number of carbonyl (C=O) groups is 2. The highest BCUT2D eigenvalue weighted by Gasteiger charge is 2.29. The van der Waals surface area contributed by atoms with Gasteiger partial charge in [-0.3, -0.25) is 4.79 Å². The van der Waals surface area contributed by atoms with Gasteiger partial charge in [0.25, 0.3) is 5.91 Å². The monoisotopic (exact) mass is 312 g/mol. The first-order chi connectivity index (χ1) is 11.1. The molecule has 1 aliphatic rings. The lowest BCUT2D eigenvalue weighted by Crippen LogP contribution is -2.52. The number of hydrogen-bond donors (Lipinski definition) is 2. The quantitative estimate of drug-likeness (QED) is 0.897. The molecule has 0 saturated heterocycles. The largest absolute Gasteiger partial charge is 0.341 e. The molecule has 1 unspecified atom stereocenters. The molecular formula is C17H20N4O2. The lowest BCUT2D eigenvalue weighted by molar-refractivity contribution is 0.0657. The number of benzene rings is 1. The van der Waals surface area contributed by atoms with Crippen LogP contribution in [0.4, 0.5) is 4.79 Å². The van der Waals surface area contributed by atoms with E-state index in [0.29, 0.717) is 25.3 Å². The van der Waals surface area contributed by atoms with Crippen LogP contribution >= 0.6 is 0 Å². The van der Waals surface area contributed by atoms with Crippen LogP contribution in [0.3, 0.4) is 0 Å². The average molecular weight is 312 g/mol. The molecule has 0 fully saturated rings. The third kappa shape index (κ3) is 3.36. The first-order valence-corrected chi connectivity index (χ1v) is 7.63. The first-order valence-electron chi connectivity index (χ1n) is 7.63. The maximum absolute atomic E-state index is 12.2. The molecule has 2 heterocycles. The Morgan fingerprint density at radius 2 is 1.96 bits per heavy atom. The molecule has 0 aliphatic carbocycles. The number of urea groups is 1. The molecule has 120 valence electrons. The van der Waals surface area contributed by atoms with Gasteiger partial charge >= 0.3 is 6.03 Å². The summed E-state index contributed by atoms with van der Waals surface area (Å²) in [4.78, 5) is 25.8. The zero-order chi connectivity index (χ0) is 16.2. The maximum atomic E-state index is 12.2. The van der Waals surface area contributed by atoms with Crippen molar-refractivity contribution < 1.29 is 9.59 Å². The first kappa shape index (κ1) is 15.1. The van der Waals surface area contributed by atoms with Gasteiger partial charge in [-0.1, -0.05) is 30.3 Å². The molecule has 1 atom stereocenters. The predicted molar refractivity (Wildman–Crippen MR) is 87.0 cm³/mol. The van der Waals surface area contributed by atoms with Gasteiger partial charge in [-0.25, -0.2) is 4.79 Å². The molecule has 6 nitrogen and oxygen atoms in total. The van der Waals surface area contributed by atoms with Crippen LogP contribution in [0.2, 0.25) is 0 Å². The van der Waals surface area contributed by atoms with E-state index in [0.717, 1.165) is 5.56 Å². The summed E-state index contributed by atoms with van der Waals surface area (Å²) >= 11 is 0. The summed E-state index contributed by atoms with van der Waals surface area (Å²) in [6.45, 7) is 1.58. The zero-order valence-corrected chi connectivity index (χ0v) is 13.0. The van der Waals surface area contributed by atoms with Gasteiger partial charge in [0.05, 0.1) is 6.04 Å². The number of carbonyl (C=O) groups excluding carboxylic acids is 2. The fraction of sp³-hybridized carbons (Fsp3) is 0.294. The molecule has 0 radical (unpaired) electrons. The lowest BCUT2D eigenvalue weighted by atomic mass is 10.2. The van der Waals surface area contributed by atoms with Crippen molar-refractivity contribution in [3.63, 3.8) is 0 Å². The van der Waals surface area contributed by atoms with Gasteiger partial charge in [0.1, 0.15) is 5.69 Å². The van der Waals surface area contributed by atoms with Gasteiger partial charge < -0.3 is 20.1 Å². The van der Waals surface area contributed by atoms with E-state index in [4.69, 9.17) is 0 Å². The van der Waals surface area contributed by atoms with Crippen LogP contribution < -0.4 is 10.6 Å². The number of fused-ring (bicyclic) bond motifs is 1. The molecule has 3 rings (SSSR count). The van der Waals surface area contributed by atoms with Crippen LogP contribution in [-0.4, -0.2) is 41.0 Å². The second-order valence-electron chi connectivity index (χ2n) is 5.66. The van der Waals surface area contributed by atoms with Gasteiger partial charge in [-0.2, -0.15) is 0 Å². The van der Waals surface area contributed by atoms with Crippen LogP contribution in [-0.2, 0) is 13.1 Å². The molecule has 0 bridgehead atoms. The average Bonchev–Trinajstić information content (AvgIpc) is 3.04. The SMILES string of the molecule is CN1C(=O)c2cccn2CC1CNC(=O)NCc1ccccc1. The molecule has 1 aliphatic heterocycles. The third-order valence-electron chi connectivity index (χ3n) is 4.12. The summed E-state index contributed by atoms with van der Waals surface area (Å²) in [5.74, 6) is -0.0160. The second kappa shape index (κ2) is 6.56. The topological polar surface area (TPSA) is 66.4 Å². The minimum Gasteiger partial charge on any atom is -0.341 e. The molecule has 1 aromatic heterocycles. The van der Waals surface area contributed by atoms with Crippen molar-refractivity contribution in [3.05, 3.63) is 59.9 Å². The van der Waals surface area contributed by atoms with Crippen LogP contribution in [0, 0.1) is 0 Å². The number of amides is 3. The Labute approximate surface area is 135 Å². The Hall–Kier alpha value is -2.76. The second-order valence-corrected chi connectivity index (χ2v) is 5.66. The lowest BCUT2D eigenvalue weighted by Gasteiger charge is -2.33. The summed E-state index contributed by atoms with van der Waals surface area (Å²) in [6, 6.07) is 13.1. The van der Waals surface area contributed by atoms with Crippen LogP contribution in [0.25, 0.3) is 0 Å². The van der Waals surface area contributed by atoms with E-state index in [1.165, 1.54) is 0 Å². The third-order valence-corrected chi connectivity index (χ3v) is 4.12. The zero-order valence-electron chi connectivity index (χ0n) is 13.0. The number of nitrogens with one attached hydrogen (secondary N) is 2. The van der Waals surface area contributed by atoms with E-state index in [2.05, 4.69) is 10.6 Å². The summed E-state index contributed by atoms with van der Waals surface area (Å²) in [5.41, 5.74) is 1.74. The Kier molecular flexibility index (Phi) is 4.32. The Morgan fingerprint density at radius 3 is 2.74 bits per heavy atom. The van der Waals surface area contributed by atoms with E-state index in [-0.39, 0.29) is 18.0 Å². The van der Waals surface area contributed by atoms with E-state index in [9.17, 15) is 9.59 Å². The van der Waals surface area contributed by atoms with Crippen molar-refractivity contribution >= 4 is 11.9 Å². The molecule has 2 N–H and O–H groups in total. The smallest absolute Gasteiger partial charge is 0.315 e. The van der Waals surface area contributed by atoms with Crippen molar-refractivity contribution in [1.29, 1.82) is 0 Å². The van der Waals surface area contributed by atoms with E-state index >= 15 is 0 Å². The Morgan fingerprint density at radius 1 is 1.17 bits per heavy atom. The van der Waals surface area contributed by atoms with E-state index < -0.39 is 0 Å². The molecule has 0 spiro atoms. The summed E-state index contributed by atoms with van der Waals surface area (Å²) in [5, 5.41) is 5.66. The summed E-state index contributed by atoms with van der Waals surface area (Å²) in [6.07, 6.45) is 1.89. The van der Waals surface area contributed by atoms with Gasteiger partial charge in [0.2, 0.25) is 0 Å². The highest BCUT2D eigenvalue weighted by Crippen LogP contribution is 2.16. The Balaban J connectivity index is 1.50. The highest BCUT2D eigenvalue weighted by molar-refractivity contribution is 5.93. The molecule has 0 saturated carbocycles. The summed E-state index contributed by atoms with van der Waals surface area (Å²) < 4.78 is 1.93. The van der Waals surface area contributed by atoms with Crippen molar-refractivity contribution in [1.82, 2.24) is 20.1 Å². The van der Waals surface area contributed by atoms with Crippen molar-refractivity contribution in [3.8, 4) is 0 Å². The van der Waals surface area contributed by atoms with Crippen LogP contribution in [0.15, 0.2) is 48.7 Å². The van der Waals surface area contributed by atoms with Gasteiger partial charge in [-0.15, -0.1) is 0 Å². The van der Waals surface area contributed by atoms with Gasteiger partial charge in [-0.05, 0) is 17.7 Å². The normalized spacial score (nSPS) is 16.8. The fourth-order valence-electron chi connectivity index (χ4n) is 2.72. The number of rotatable bonds is 4. The van der Waals surface area contributed by atoms with Crippen molar-refractivity contribution in [2.75, 3.05) is 13.6 Å². The van der Waals surface area contributed by atoms with E-state index in [1.807, 2.05) is 53.2 Å². The van der Waals surface area contributed by atoms with Gasteiger partial charge in [0, 0.05) is 32.9 Å². The number of aromatic nitrogens is 1. The minimum absolute atomic E-state index is 0.0160. The number of hydrogen-bond acceptors (Lipinski definition) is 2.